The molecule has 3 heterocycles. The van der Waals surface area contributed by atoms with Crippen molar-refractivity contribution in [1.82, 2.24) is 20.9 Å². The fourth-order valence-corrected chi connectivity index (χ4v) is 6.40. The summed E-state index contributed by atoms with van der Waals surface area (Å²) in [6.45, 7) is 2.26. The number of allylic oxidation sites excluding steroid dienone is 1. The molecule has 0 saturated carbocycles. The number of aromatic amines is 1. The number of aromatic nitrogens is 1. The van der Waals surface area contributed by atoms with Gasteiger partial charge in [-0.15, -0.1) is 11.8 Å². The maximum absolute atomic E-state index is 15.2. The molecule has 0 saturated heterocycles. The van der Waals surface area contributed by atoms with Gasteiger partial charge in [0.2, 0.25) is 5.82 Å². The number of benzene rings is 3. The van der Waals surface area contributed by atoms with E-state index in [0.29, 0.717) is 29.1 Å². The van der Waals surface area contributed by atoms with E-state index in [1.807, 2.05) is 25.1 Å². The summed E-state index contributed by atoms with van der Waals surface area (Å²) in [6, 6.07) is 11.3. The van der Waals surface area contributed by atoms with E-state index < -0.39 is 42.0 Å². The largest absolute Gasteiger partial charge is 0.493 e. The molecule has 6 rings (SSSR count). The highest BCUT2D eigenvalue weighted by molar-refractivity contribution is 7.99. The fourth-order valence-electron chi connectivity index (χ4n) is 5.70. The van der Waals surface area contributed by atoms with Crippen LogP contribution >= 0.6 is 11.8 Å². The van der Waals surface area contributed by atoms with Gasteiger partial charge in [0.1, 0.15) is 23.5 Å². The van der Waals surface area contributed by atoms with E-state index in [2.05, 4.69) is 20.9 Å². The fraction of sp³-hybridized carbons (Fsp3) is 0.290. The summed E-state index contributed by atoms with van der Waals surface area (Å²) in [7, 11) is 0. The lowest BCUT2D eigenvalue weighted by Gasteiger charge is -2.38. The van der Waals surface area contributed by atoms with Crippen LogP contribution in [0.2, 0.25) is 0 Å². The molecule has 2 atom stereocenters. The lowest BCUT2D eigenvalue weighted by atomic mass is 9.74. The summed E-state index contributed by atoms with van der Waals surface area (Å²) in [5, 5.41) is 9.79. The maximum atomic E-state index is 15.2. The van der Waals surface area contributed by atoms with Gasteiger partial charge in [-0.25, -0.2) is 17.6 Å². The number of hydrogen-bond acceptors (Lipinski definition) is 6. The third kappa shape index (κ3) is 5.27. The highest BCUT2D eigenvalue weighted by atomic mass is 32.2. The molecule has 2 unspecified atom stereocenters. The number of rotatable bonds is 9. The molecule has 0 aliphatic carbocycles. The van der Waals surface area contributed by atoms with Gasteiger partial charge in [0, 0.05) is 52.1 Å². The molecule has 2 aliphatic heterocycles. The van der Waals surface area contributed by atoms with Crippen LogP contribution in [0.5, 0.6) is 17.2 Å². The van der Waals surface area contributed by atoms with E-state index in [4.69, 9.17) is 9.47 Å². The van der Waals surface area contributed by atoms with Crippen molar-refractivity contribution in [1.29, 1.82) is 0 Å². The number of nitrogens with one attached hydrogen (secondary N) is 4. The summed E-state index contributed by atoms with van der Waals surface area (Å²) >= 11 is 1.21. The van der Waals surface area contributed by atoms with Gasteiger partial charge in [0.25, 0.3) is 6.43 Å². The van der Waals surface area contributed by atoms with Gasteiger partial charge < -0.3 is 30.4 Å². The first-order chi connectivity index (χ1) is 20.7. The molecule has 2 aliphatic rings. The Balaban J connectivity index is 1.25. The molecule has 0 bridgehead atoms. The van der Waals surface area contributed by atoms with Crippen molar-refractivity contribution in [3.05, 3.63) is 94.7 Å². The molecule has 4 N–H and O–H groups in total. The first-order valence-corrected chi connectivity index (χ1v) is 14.9. The van der Waals surface area contributed by atoms with Crippen molar-refractivity contribution in [2.45, 2.75) is 42.8 Å². The van der Waals surface area contributed by atoms with Gasteiger partial charge in [-0.2, -0.15) is 4.39 Å². The predicted molar refractivity (Wildman–Crippen MR) is 155 cm³/mol. The quantitative estimate of drug-likeness (QED) is 0.118. The molecule has 6 nitrogen and oxygen atoms in total. The molecule has 12 heteroatoms. The number of alkyl halides is 2. The Bertz CT molecular complexity index is 1710. The first kappa shape index (κ1) is 29.2. The van der Waals surface area contributed by atoms with E-state index in [1.54, 1.807) is 18.5 Å². The van der Waals surface area contributed by atoms with E-state index in [1.165, 1.54) is 36.2 Å². The Hall–Kier alpha value is -3.90. The smallest absolute Gasteiger partial charge is 0.250 e. The van der Waals surface area contributed by atoms with Crippen molar-refractivity contribution in [3.8, 4) is 17.2 Å². The summed E-state index contributed by atoms with van der Waals surface area (Å²) in [5.41, 5.74) is 2.18. The van der Waals surface area contributed by atoms with Crippen molar-refractivity contribution in [3.63, 3.8) is 0 Å². The molecule has 4 aromatic rings. The topological polar surface area (TPSA) is 70.3 Å². The third-order valence-corrected chi connectivity index (χ3v) is 8.77. The summed E-state index contributed by atoms with van der Waals surface area (Å²) < 4.78 is 82.2. The molecule has 0 amide bonds. The Labute approximate surface area is 249 Å². The van der Waals surface area contributed by atoms with Crippen molar-refractivity contribution < 1.29 is 31.4 Å². The second-order valence-electron chi connectivity index (χ2n) is 10.6. The van der Waals surface area contributed by atoms with E-state index in [-0.39, 0.29) is 29.1 Å². The minimum Gasteiger partial charge on any atom is -0.493 e. The van der Waals surface area contributed by atoms with Crippen LogP contribution in [0.3, 0.4) is 0 Å². The highest BCUT2D eigenvalue weighted by Crippen LogP contribution is 2.46. The zero-order valence-electron chi connectivity index (χ0n) is 23.3. The van der Waals surface area contributed by atoms with Gasteiger partial charge in [0.15, 0.2) is 11.6 Å². The second kappa shape index (κ2) is 11.6. The van der Waals surface area contributed by atoms with Crippen LogP contribution in [-0.4, -0.2) is 30.8 Å². The van der Waals surface area contributed by atoms with Gasteiger partial charge >= 0.3 is 0 Å². The van der Waals surface area contributed by atoms with Crippen LogP contribution < -0.4 is 25.4 Å². The number of para-hydroxylation sites is 1. The minimum atomic E-state index is -2.46. The second-order valence-corrected chi connectivity index (χ2v) is 11.4. The van der Waals surface area contributed by atoms with E-state index in [9.17, 15) is 13.2 Å². The molecule has 43 heavy (non-hydrogen) atoms. The van der Waals surface area contributed by atoms with Crippen molar-refractivity contribution in [2.75, 3.05) is 19.4 Å². The number of fused-ring (bicyclic) bond motifs is 2. The van der Waals surface area contributed by atoms with Crippen LogP contribution in [0.15, 0.2) is 65.5 Å². The SMILES string of the molecule is CSc1c(Oc2ccc(F)c(C3NC=C(C4(C)CCOc5c(CNCC(F)F)cccc54)N3)c2)c(F)c(F)c2[nH]ccc12. The van der Waals surface area contributed by atoms with Crippen molar-refractivity contribution >= 4 is 22.7 Å². The Morgan fingerprint density at radius 3 is 2.77 bits per heavy atom. The molecule has 226 valence electrons. The van der Waals surface area contributed by atoms with Crippen LogP contribution in [0, 0.1) is 17.5 Å². The third-order valence-electron chi connectivity index (χ3n) is 7.95. The monoisotopic (exact) mass is 616 g/mol. The zero-order chi connectivity index (χ0) is 30.3. The molecule has 0 fully saturated rings. The summed E-state index contributed by atoms with van der Waals surface area (Å²) in [6.07, 6.45) is 2.54. The zero-order valence-corrected chi connectivity index (χ0v) is 24.1. The lowest BCUT2D eigenvalue weighted by molar-refractivity contribution is 0.145. The number of halogens is 5. The maximum Gasteiger partial charge on any atom is 0.250 e. The first-order valence-electron chi connectivity index (χ1n) is 13.7. The summed E-state index contributed by atoms with van der Waals surface area (Å²) in [4.78, 5) is 3.12. The van der Waals surface area contributed by atoms with Gasteiger partial charge in [0.05, 0.1) is 23.6 Å². The molecular weight excluding hydrogens is 587 g/mol. The number of H-pyrrole nitrogens is 1. The standard InChI is InChI=1S/C31H29F5N4O2S/c1-31(9-11-41-27-16(4-3-5-20(27)31)13-37-15-23(33)34)22-14-39-30(40-22)19-12-17(6-7-21(19)32)42-28-25(36)24(35)26-18(8-10-38-26)29(28)43-2/h3-8,10,12,14,23,30,37-40H,9,11,13,15H2,1-2H3. The van der Waals surface area contributed by atoms with Crippen LogP contribution in [0.4, 0.5) is 22.0 Å². The van der Waals surface area contributed by atoms with Gasteiger partial charge in [-0.1, -0.05) is 18.2 Å². The van der Waals surface area contributed by atoms with Crippen LogP contribution in [0.1, 0.15) is 36.2 Å². The average molecular weight is 617 g/mol. The van der Waals surface area contributed by atoms with Crippen LogP contribution in [0.25, 0.3) is 10.9 Å². The van der Waals surface area contributed by atoms with E-state index >= 15 is 8.78 Å². The van der Waals surface area contributed by atoms with Crippen molar-refractivity contribution in [2.24, 2.45) is 0 Å². The predicted octanol–water partition coefficient (Wildman–Crippen LogP) is 7.23. The Kier molecular flexibility index (Phi) is 7.91. The normalized spacial score (nSPS) is 19.5. The van der Waals surface area contributed by atoms with Crippen LogP contribution in [-0.2, 0) is 12.0 Å². The molecular formula is C31H29F5N4O2S. The molecule has 0 radical (unpaired) electrons. The number of thioether (sulfide) groups is 1. The number of hydrogen-bond donors (Lipinski definition) is 4. The Morgan fingerprint density at radius 2 is 1.98 bits per heavy atom. The van der Waals surface area contributed by atoms with Gasteiger partial charge in [-0.05, 0) is 43.9 Å². The Morgan fingerprint density at radius 1 is 1.14 bits per heavy atom. The molecule has 0 spiro atoms. The summed E-state index contributed by atoms with van der Waals surface area (Å²) in [5.74, 6) is -2.20. The number of ether oxygens (including phenoxy) is 2. The molecule has 1 aromatic heterocycles. The molecule has 3 aromatic carbocycles. The van der Waals surface area contributed by atoms with Gasteiger partial charge in [-0.3, -0.25) is 0 Å². The highest BCUT2D eigenvalue weighted by Gasteiger charge is 2.40. The average Bonchev–Trinajstić information content (AvgIpc) is 3.68. The lowest BCUT2D eigenvalue weighted by Crippen LogP contribution is -2.38. The van der Waals surface area contributed by atoms with E-state index in [0.717, 1.165) is 16.8 Å². The minimum absolute atomic E-state index is 0.0478.